The molecule has 10 atom stereocenters. The predicted octanol–water partition coefficient (Wildman–Crippen LogP) is 3.51. The van der Waals surface area contributed by atoms with Crippen molar-refractivity contribution in [2.24, 2.45) is 11.8 Å². The fourth-order valence-electron chi connectivity index (χ4n) is 3.53. The Balaban J connectivity index is 0.00000364. The van der Waals surface area contributed by atoms with E-state index in [1.165, 1.54) is 6.92 Å². The maximum atomic E-state index is 11.4. The molecule has 0 aromatic carbocycles. The topological polar surface area (TPSA) is 72.5 Å². The zero-order valence-corrected chi connectivity index (χ0v) is 21.7. The van der Waals surface area contributed by atoms with E-state index in [-0.39, 0.29) is 89.5 Å². The molecule has 10 unspecified atom stereocenters. The molecular weight excluding hydrogens is 441 g/mol. The molecule has 0 spiro atoms. The summed E-state index contributed by atoms with van der Waals surface area (Å²) >= 11 is 0. The van der Waals surface area contributed by atoms with Crippen molar-refractivity contribution in [2.75, 3.05) is 13.7 Å². The minimum atomic E-state index is -1.53. The van der Waals surface area contributed by atoms with Crippen LogP contribution >= 0.6 is 18.5 Å². The van der Waals surface area contributed by atoms with Crippen molar-refractivity contribution in [3.63, 3.8) is 0 Å². The van der Waals surface area contributed by atoms with Crippen LogP contribution < -0.4 is 0 Å². The van der Waals surface area contributed by atoms with Crippen molar-refractivity contribution < 1.29 is 51.1 Å². The summed E-state index contributed by atoms with van der Waals surface area (Å²) in [6.45, 7) is 11.9. The Hall–Kier alpha value is 0.714. The molecular formula is C18H36O7P2V. The monoisotopic (exact) mass is 477 g/mol. The Morgan fingerprint density at radius 1 is 1.00 bits per heavy atom. The molecule has 0 aliphatic carbocycles. The number of ether oxygens (including phenoxy) is 3. The Morgan fingerprint density at radius 2 is 1.54 bits per heavy atom. The summed E-state index contributed by atoms with van der Waals surface area (Å²) in [7, 11) is 0.0382. The Morgan fingerprint density at radius 3 is 2.04 bits per heavy atom. The van der Waals surface area contributed by atoms with E-state index in [0.717, 1.165) is 6.42 Å². The van der Waals surface area contributed by atoms with Crippen molar-refractivity contribution in [1.29, 1.82) is 0 Å². The van der Waals surface area contributed by atoms with Crippen LogP contribution in [0, 0.1) is 11.8 Å². The van der Waals surface area contributed by atoms with Gasteiger partial charge in [0, 0.05) is 44.4 Å². The van der Waals surface area contributed by atoms with Crippen LogP contribution in [0.1, 0.15) is 48.0 Å². The minimum Gasteiger partial charge on any atom is -0.459 e. The molecule has 1 radical (unpaired) electrons. The van der Waals surface area contributed by atoms with Crippen molar-refractivity contribution in [3.8, 4) is 0 Å². The van der Waals surface area contributed by atoms with Crippen LogP contribution in [0.2, 0.25) is 0 Å². The van der Waals surface area contributed by atoms with Gasteiger partial charge in [-0.2, -0.15) is 9.90 Å². The van der Waals surface area contributed by atoms with Gasteiger partial charge in [0.1, 0.15) is 12.2 Å². The van der Waals surface area contributed by atoms with Gasteiger partial charge >= 0.3 is 14.6 Å². The molecule has 0 saturated carbocycles. The molecule has 0 amide bonds. The van der Waals surface area contributed by atoms with Gasteiger partial charge in [-0.05, 0) is 20.3 Å². The van der Waals surface area contributed by atoms with E-state index in [0.29, 0.717) is 0 Å². The first kappa shape index (κ1) is 28.7. The quantitative estimate of drug-likeness (QED) is 0.392. The molecule has 2 fully saturated rings. The van der Waals surface area contributed by atoms with E-state index in [9.17, 15) is 4.79 Å². The fraction of sp³-hybridized carbons (Fsp3) is 0.944. The Bertz CT molecular complexity index is 473. The smallest absolute Gasteiger partial charge is 0.332 e. The Labute approximate surface area is 185 Å². The SMILES string of the molecule is CCC1OC(C)C(C)C1OP(OC)OCC1OC(C)C(C)C1OC(C)=O.P.[V]. The first-order chi connectivity index (χ1) is 12.3. The number of carbonyl (C=O) groups is 1. The Kier molecular flexibility index (Phi) is 13.5. The van der Waals surface area contributed by atoms with Crippen LogP contribution in [-0.2, 0) is 51.1 Å². The third-order valence-electron chi connectivity index (χ3n) is 5.43. The van der Waals surface area contributed by atoms with Gasteiger partial charge in [-0.15, -0.1) is 0 Å². The van der Waals surface area contributed by atoms with Crippen LogP contribution in [0.15, 0.2) is 0 Å². The molecule has 10 heteroatoms. The molecule has 7 nitrogen and oxygen atoms in total. The van der Waals surface area contributed by atoms with E-state index >= 15 is 0 Å². The zero-order valence-electron chi connectivity index (χ0n) is 18.0. The van der Waals surface area contributed by atoms with E-state index in [1.807, 2.05) is 13.8 Å². The van der Waals surface area contributed by atoms with Crippen LogP contribution in [-0.4, -0.2) is 56.3 Å². The van der Waals surface area contributed by atoms with Gasteiger partial charge in [-0.3, -0.25) is 4.79 Å². The van der Waals surface area contributed by atoms with Crippen LogP contribution in [0.3, 0.4) is 0 Å². The second-order valence-corrected chi connectivity index (χ2v) is 8.51. The van der Waals surface area contributed by atoms with Gasteiger partial charge in [0.25, 0.3) is 0 Å². The molecule has 28 heavy (non-hydrogen) atoms. The standard InChI is InChI=1S/C18H33O7P.H3P.V/c1-8-15-18(11(3)13(5)22-15)25-26(20-7)21-9-16-17(24-14(6)19)10(2)12(4)23-16;;/h10-13,15-18H,8-9H2,1-7H3;1H3;. The molecule has 2 rings (SSSR count). The van der Waals surface area contributed by atoms with Crippen molar-refractivity contribution >= 4 is 24.5 Å². The maximum Gasteiger partial charge on any atom is 0.332 e. The molecule has 2 heterocycles. The number of esters is 1. The van der Waals surface area contributed by atoms with Gasteiger partial charge in [-0.25, -0.2) is 0 Å². The third kappa shape index (κ3) is 7.15. The molecule has 2 aliphatic heterocycles. The first-order valence-electron chi connectivity index (χ1n) is 9.40. The van der Waals surface area contributed by atoms with E-state index < -0.39 is 8.60 Å². The van der Waals surface area contributed by atoms with E-state index in [4.69, 9.17) is 27.8 Å². The van der Waals surface area contributed by atoms with Crippen molar-refractivity contribution in [2.45, 2.75) is 84.6 Å². The summed E-state index contributed by atoms with van der Waals surface area (Å²) in [5, 5.41) is 0. The summed E-state index contributed by atoms with van der Waals surface area (Å²) in [6.07, 6.45) is 0.344. The molecule has 0 bridgehead atoms. The first-order valence-corrected chi connectivity index (χ1v) is 10.5. The summed E-state index contributed by atoms with van der Waals surface area (Å²) < 4.78 is 34.7. The predicted molar refractivity (Wildman–Crippen MR) is 109 cm³/mol. The number of hydrogen-bond donors (Lipinski definition) is 0. The van der Waals surface area contributed by atoms with Gasteiger partial charge in [0.05, 0.1) is 31.0 Å². The average molecular weight is 477 g/mol. The molecule has 0 aromatic rings. The van der Waals surface area contributed by atoms with Gasteiger partial charge < -0.3 is 27.8 Å². The molecule has 2 saturated heterocycles. The molecule has 0 aromatic heterocycles. The normalized spacial score (nSPS) is 38.4. The summed E-state index contributed by atoms with van der Waals surface area (Å²) in [6, 6.07) is 0. The van der Waals surface area contributed by atoms with Crippen molar-refractivity contribution in [3.05, 3.63) is 0 Å². The molecule has 165 valence electrons. The molecule has 2 aliphatic rings. The second-order valence-electron chi connectivity index (χ2n) is 7.23. The minimum absolute atomic E-state index is 0. The molecule has 0 N–H and O–H groups in total. The van der Waals surface area contributed by atoms with E-state index in [1.54, 1.807) is 7.11 Å². The summed E-state index contributed by atoms with van der Waals surface area (Å²) in [5.74, 6) is 0.0579. The summed E-state index contributed by atoms with van der Waals surface area (Å²) in [5.41, 5.74) is 0. The second kappa shape index (κ2) is 13.2. The number of rotatable bonds is 8. The number of carbonyl (C=O) groups excluding carboxylic acids is 1. The van der Waals surface area contributed by atoms with Crippen molar-refractivity contribution in [1.82, 2.24) is 0 Å². The van der Waals surface area contributed by atoms with Gasteiger partial charge in [0.15, 0.2) is 0 Å². The third-order valence-corrected chi connectivity index (χ3v) is 6.51. The van der Waals surface area contributed by atoms with Crippen LogP contribution in [0.5, 0.6) is 0 Å². The maximum absolute atomic E-state index is 11.4. The summed E-state index contributed by atoms with van der Waals surface area (Å²) in [4.78, 5) is 11.4. The largest absolute Gasteiger partial charge is 0.459 e. The van der Waals surface area contributed by atoms with Crippen LogP contribution in [0.4, 0.5) is 0 Å². The average Bonchev–Trinajstić information content (AvgIpc) is 3.02. The number of hydrogen-bond acceptors (Lipinski definition) is 7. The van der Waals surface area contributed by atoms with Gasteiger partial charge in [0.2, 0.25) is 0 Å². The fourth-order valence-corrected chi connectivity index (χ4v) is 4.57. The van der Waals surface area contributed by atoms with Gasteiger partial charge in [-0.1, -0.05) is 20.8 Å². The van der Waals surface area contributed by atoms with E-state index in [2.05, 4.69) is 20.8 Å². The van der Waals surface area contributed by atoms with Crippen LogP contribution in [0.25, 0.3) is 0 Å². The zero-order chi connectivity index (χ0) is 19.4.